The normalized spacial score (nSPS) is 38.2. The Balaban J connectivity index is 1.66. The molecule has 0 heterocycles. The fraction of sp³-hybridized carbons (Fsp3) is 0.846. The van der Waals surface area contributed by atoms with Crippen LogP contribution in [-0.4, -0.2) is 33.1 Å². The molecule has 3 N–H and O–H groups in total. The van der Waals surface area contributed by atoms with Gasteiger partial charge in [-0.3, -0.25) is 0 Å². The minimum Gasteiger partial charge on any atom is -0.393 e. The first-order chi connectivity index (χ1) is 13.6. The molecule has 0 aliphatic heterocycles. The van der Waals surface area contributed by atoms with E-state index in [4.69, 9.17) is 0 Å². The van der Waals surface area contributed by atoms with Crippen molar-refractivity contribution in [1.29, 1.82) is 0 Å². The van der Waals surface area contributed by atoms with E-state index in [-0.39, 0.29) is 12.2 Å². The highest BCUT2D eigenvalue weighted by Crippen LogP contribution is 2.59. The Hall–Kier alpha value is -0.640. The molecule has 3 aliphatic rings. The molecule has 0 aromatic rings. The molecule has 0 aromatic heterocycles. The SMILES string of the molecule is C[C@H](CCCC(C)(C)O)[C@H]1CC[C@H]2/C(=C\C=C3C[C@@H](O)C[C@H](O)C3)CCC[C@@]12C. The number of rotatable bonds is 6. The van der Waals surface area contributed by atoms with E-state index >= 15 is 0 Å². The summed E-state index contributed by atoms with van der Waals surface area (Å²) in [5.41, 5.74) is 2.66. The van der Waals surface area contributed by atoms with Crippen LogP contribution in [-0.2, 0) is 0 Å². The molecule has 3 heteroatoms. The third kappa shape index (κ3) is 5.74. The van der Waals surface area contributed by atoms with Crippen LogP contribution in [0.25, 0.3) is 0 Å². The van der Waals surface area contributed by atoms with Gasteiger partial charge in [-0.15, -0.1) is 0 Å². The zero-order valence-electron chi connectivity index (χ0n) is 19.2. The molecule has 3 nitrogen and oxygen atoms in total. The molecule has 0 saturated heterocycles. The van der Waals surface area contributed by atoms with Crippen molar-refractivity contribution in [2.75, 3.05) is 0 Å². The third-order valence-electron chi connectivity index (χ3n) is 8.25. The smallest absolute Gasteiger partial charge is 0.0602 e. The van der Waals surface area contributed by atoms with E-state index in [1.165, 1.54) is 44.1 Å². The van der Waals surface area contributed by atoms with Gasteiger partial charge in [0.05, 0.1) is 17.8 Å². The molecule has 166 valence electrons. The van der Waals surface area contributed by atoms with Crippen molar-refractivity contribution in [1.82, 2.24) is 0 Å². The van der Waals surface area contributed by atoms with Crippen molar-refractivity contribution < 1.29 is 15.3 Å². The van der Waals surface area contributed by atoms with Crippen LogP contribution in [0.1, 0.15) is 98.3 Å². The summed E-state index contributed by atoms with van der Waals surface area (Å²) in [7, 11) is 0. The van der Waals surface area contributed by atoms with Gasteiger partial charge in [-0.2, -0.15) is 0 Å². The third-order valence-corrected chi connectivity index (χ3v) is 8.25. The summed E-state index contributed by atoms with van der Waals surface area (Å²) >= 11 is 0. The van der Waals surface area contributed by atoms with E-state index in [1.54, 1.807) is 5.57 Å². The van der Waals surface area contributed by atoms with Gasteiger partial charge in [-0.05, 0) is 94.8 Å². The molecule has 0 unspecified atom stereocenters. The summed E-state index contributed by atoms with van der Waals surface area (Å²) in [6, 6.07) is 0. The highest BCUT2D eigenvalue weighted by atomic mass is 16.3. The van der Waals surface area contributed by atoms with Crippen molar-refractivity contribution >= 4 is 0 Å². The molecule has 0 amide bonds. The van der Waals surface area contributed by atoms with Crippen LogP contribution in [0.5, 0.6) is 0 Å². The lowest BCUT2D eigenvalue weighted by molar-refractivity contribution is 0.0591. The van der Waals surface area contributed by atoms with E-state index in [1.807, 2.05) is 13.8 Å². The Morgan fingerprint density at radius 2 is 1.83 bits per heavy atom. The summed E-state index contributed by atoms with van der Waals surface area (Å²) < 4.78 is 0. The Bertz CT molecular complexity index is 602. The van der Waals surface area contributed by atoms with E-state index in [2.05, 4.69) is 26.0 Å². The van der Waals surface area contributed by atoms with Gasteiger partial charge in [-0.25, -0.2) is 0 Å². The molecule has 3 rings (SSSR count). The zero-order chi connectivity index (χ0) is 21.2. The van der Waals surface area contributed by atoms with E-state index in [9.17, 15) is 15.3 Å². The lowest BCUT2D eigenvalue weighted by atomic mass is 9.60. The highest BCUT2D eigenvalue weighted by Gasteiger charge is 2.50. The molecule has 0 radical (unpaired) electrons. The zero-order valence-corrected chi connectivity index (χ0v) is 19.2. The summed E-state index contributed by atoms with van der Waals surface area (Å²) in [5, 5.41) is 29.9. The van der Waals surface area contributed by atoms with Gasteiger partial charge in [0.1, 0.15) is 0 Å². The van der Waals surface area contributed by atoms with Gasteiger partial charge >= 0.3 is 0 Å². The lowest BCUT2D eigenvalue weighted by Gasteiger charge is -2.44. The lowest BCUT2D eigenvalue weighted by Crippen LogP contribution is -2.36. The summed E-state index contributed by atoms with van der Waals surface area (Å²) in [4.78, 5) is 0. The number of aliphatic hydroxyl groups excluding tert-OH is 2. The van der Waals surface area contributed by atoms with Crippen LogP contribution >= 0.6 is 0 Å². The number of fused-ring (bicyclic) bond motifs is 1. The number of aliphatic hydroxyl groups is 3. The second-order valence-electron chi connectivity index (χ2n) is 11.3. The minimum absolute atomic E-state index is 0.388. The van der Waals surface area contributed by atoms with Crippen LogP contribution < -0.4 is 0 Å². The van der Waals surface area contributed by atoms with Crippen LogP contribution in [0, 0.1) is 23.2 Å². The van der Waals surface area contributed by atoms with E-state index in [0.29, 0.717) is 36.5 Å². The van der Waals surface area contributed by atoms with Crippen molar-refractivity contribution in [3.05, 3.63) is 23.3 Å². The largest absolute Gasteiger partial charge is 0.393 e. The standard InChI is InChI=1S/C26H44O3/c1-18(7-5-13-25(2,3)29)23-11-12-24-20(8-6-14-26(23,24)4)10-9-19-15-21(27)17-22(28)16-19/h9-10,18,21-24,27-29H,5-8,11-17H2,1-4H3/b20-10-/t18-,21-,22-,23-,24+,26+/m1/s1. The molecular formula is C26H44O3. The van der Waals surface area contributed by atoms with Crippen molar-refractivity contribution in [3.8, 4) is 0 Å². The molecule has 3 fully saturated rings. The Morgan fingerprint density at radius 3 is 2.48 bits per heavy atom. The number of hydrogen-bond donors (Lipinski definition) is 3. The summed E-state index contributed by atoms with van der Waals surface area (Å²) in [6.07, 6.45) is 15.4. The topological polar surface area (TPSA) is 60.7 Å². The second-order valence-corrected chi connectivity index (χ2v) is 11.3. The van der Waals surface area contributed by atoms with Gasteiger partial charge < -0.3 is 15.3 Å². The molecule has 3 aliphatic carbocycles. The molecule has 0 bridgehead atoms. The van der Waals surface area contributed by atoms with Crippen molar-refractivity contribution in [3.63, 3.8) is 0 Å². The number of allylic oxidation sites excluding steroid dienone is 3. The quantitative estimate of drug-likeness (QED) is 0.545. The predicted octanol–water partition coefficient (Wildman–Crippen LogP) is 5.54. The molecule has 3 saturated carbocycles. The monoisotopic (exact) mass is 404 g/mol. The second kappa shape index (κ2) is 9.24. The van der Waals surface area contributed by atoms with Gasteiger partial charge in [0.25, 0.3) is 0 Å². The first-order valence-electron chi connectivity index (χ1n) is 12.1. The van der Waals surface area contributed by atoms with Crippen molar-refractivity contribution in [2.45, 2.75) is 116 Å². The Kier molecular flexibility index (Phi) is 7.34. The Labute approximate surface area is 178 Å². The van der Waals surface area contributed by atoms with Gasteiger partial charge in [0.15, 0.2) is 0 Å². The fourth-order valence-corrected chi connectivity index (χ4v) is 6.80. The maximum absolute atomic E-state index is 10.0. The average Bonchev–Trinajstić information content (AvgIpc) is 2.95. The maximum Gasteiger partial charge on any atom is 0.0602 e. The first kappa shape index (κ1) is 23.0. The van der Waals surface area contributed by atoms with Gasteiger partial charge in [0.2, 0.25) is 0 Å². The highest BCUT2D eigenvalue weighted by molar-refractivity contribution is 5.26. The first-order valence-corrected chi connectivity index (χ1v) is 12.1. The van der Waals surface area contributed by atoms with Gasteiger partial charge in [0, 0.05) is 0 Å². The van der Waals surface area contributed by atoms with Crippen LogP contribution in [0.2, 0.25) is 0 Å². The molecule has 0 aromatic carbocycles. The Morgan fingerprint density at radius 1 is 1.14 bits per heavy atom. The van der Waals surface area contributed by atoms with Crippen LogP contribution in [0.15, 0.2) is 23.3 Å². The van der Waals surface area contributed by atoms with E-state index < -0.39 is 5.60 Å². The molecule has 29 heavy (non-hydrogen) atoms. The maximum atomic E-state index is 10.0. The fourth-order valence-electron chi connectivity index (χ4n) is 6.80. The molecule has 6 atom stereocenters. The minimum atomic E-state index is -0.545. The van der Waals surface area contributed by atoms with Crippen LogP contribution in [0.3, 0.4) is 0 Å². The van der Waals surface area contributed by atoms with Gasteiger partial charge in [-0.1, -0.05) is 50.0 Å². The number of hydrogen-bond acceptors (Lipinski definition) is 3. The molecular weight excluding hydrogens is 360 g/mol. The van der Waals surface area contributed by atoms with Crippen molar-refractivity contribution in [2.24, 2.45) is 23.2 Å². The predicted molar refractivity (Wildman–Crippen MR) is 120 cm³/mol. The van der Waals surface area contributed by atoms with E-state index in [0.717, 1.165) is 18.8 Å². The average molecular weight is 405 g/mol. The molecule has 0 spiro atoms. The summed E-state index contributed by atoms with van der Waals surface area (Å²) in [6.45, 7) is 8.81. The summed E-state index contributed by atoms with van der Waals surface area (Å²) in [5.74, 6) is 2.19. The van der Waals surface area contributed by atoms with Crippen LogP contribution in [0.4, 0.5) is 0 Å².